The van der Waals surface area contributed by atoms with Crippen LogP contribution in [0.15, 0.2) is 46.9 Å². The normalized spacial score (nSPS) is 17.6. The summed E-state index contributed by atoms with van der Waals surface area (Å²) in [5.41, 5.74) is 5.03. The number of aryl methyl sites for hydroxylation is 1. The molecule has 1 unspecified atom stereocenters. The zero-order valence-electron chi connectivity index (χ0n) is 19.3. The van der Waals surface area contributed by atoms with Gasteiger partial charge in [0.25, 0.3) is 0 Å². The fourth-order valence-corrected chi connectivity index (χ4v) is 4.59. The fraction of sp³-hybridized carbons (Fsp3) is 0.333. The maximum absolute atomic E-state index is 11.1. The summed E-state index contributed by atoms with van der Waals surface area (Å²) < 4.78 is 22.9. The van der Waals surface area contributed by atoms with E-state index < -0.39 is 5.97 Å². The maximum atomic E-state index is 11.1. The lowest BCUT2D eigenvalue weighted by molar-refractivity contribution is -0.136. The molecule has 34 heavy (non-hydrogen) atoms. The second-order valence-electron chi connectivity index (χ2n) is 8.67. The van der Waals surface area contributed by atoms with Crippen molar-refractivity contribution < 1.29 is 28.5 Å². The molecule has 2 aliphatic rings. The number of rotatable bonds is 7. The molecule has 1 atom stereocenters. The van der Waals surface area contributed by atoms with Crippen LogP contribution in [-0.4, -0.2) is 29.5 Å². The molecule has 1 aromatic heterocycles. The second kappa shape index (κ2) is 9.25. The molecule has 0 radical (unpaired) electrons. The van der Waals surface area contributed by atoms with Crippen LogP contribution in [0.1, 0.15) is 42.3 Å². The van der Waals surface area contributed by atoms with Crippen molar-refractivity contribution in [1.29, 1.82) is 0 Å². The van der Waals surface area contributed by atoms with Gasteiger partial charge in [0.2, 0.25) is 12.7 Å². The summed E-state index contributed by atoms with van der Waals surface area (Å²) in [5, 5.41) is 9.10. The van der Waals surface area contributed by atoms with Crippen LogP contribution in [0.4, 0.5) is 0 Å². The molecule has 5 rings (SSSR count). The Balaban J connectivity index is 1.29. The summed E-state index contributed by atoms with van der Waals surface area (Å²) in [6, 6.07) is 11.7. The molecular weight excluding hydrogens is 434 g/mol. The molecule has 0 fully saturated rings. The highest BCUT2D eigenvalue weighted by Gasteiger charge is 2.23. The summed E-state index contributed by atoms with van der Waals surface area (Å²) in [4.78, 5) is 15.8. The molecular formula is C27H27NO6. The van der Waals surface area contributed by atoms with E-state index in [1.165, 1.54) is 0 Å². The Morgan fingerprint density at radius 2 is 2.09 bits per heavy atom. The van der Waals surface area contributed by atoms with Gasteiger partial charge in [-0.15, -0.1) is 0 Å². The van der Waals surface area contributed by atoms with Crippen LogP contribution in [-0.2, 0) is 17.6 Å². The molecule has 2 aromatic carbocycles. The van der Waals surface area contributed by atoms with Gasteiger partial charge in [-0.1, -0.05) is 25.1 Å². The van der Waals surface area contributed by atoms with E-state index in [9.17, 15) is 4.79 Å². The number of carbonyl (C=O) groups is 1. The number of hydrogen-bond acceptors (Lipinski definition) is 6. The lowest BCUT2D eigenvalue weighted by Gasteiger charge is -2.27. The first-order chi connectivity index (χ1) is 16.5. The molecule has 7 nitrogen and oxygen atoms in total. The molecule has 0 bridgehead atoms. The number of fused-ring (bicyclic) bond motifs is 2. The highest BCUT2D eigenvalue weighted by molar-refractivity contribution is 5.78. The maximum Gasteiger partial charge on any atom is 0.307 e. The van der Waals surface area contributed by atoms with Gasteiger partial charge >= 0.3 is 5.97 Å². The van der Waals surface area contributed by atoms with Crippen LogP contribution in [0, 0.1) is 12.8 Å². The zero-order chi connectivity index (χ0) is 23.7. The molecule has 1 aliphatic carbocycles. The van der Waals surface area contributed by atoms with Gasteiger partial charge in [0.15, 0.2) is 11.5 Å². The van der Waals surface area contributed by atoms with Crippen LogP contribution >= 0.6 is 0 Å². The molecule has 0 spiro atoms. The first-order valence-electron chi connectivity index (χ1n) is 11.5. The van der Waals surface area contributed by atoms with Crippen LogP contribution in [0.3, 0.4) is 0 Å². The van der Waals surface area contributed by atoms with Crippen molar-refractivity contribution in [1.82, 2.24) is 4.98 Å². The average molecular weight is 462 g/mol. The number of benzene rings is 2. The number of carboxylic acid groups (broad SMARTS) is 1. The molecule has 1 aliphatic heterocycles. The average Bonchev–Trinajstić information content (AvgIpc) is 3.44. The molecule has 1 N–H and O–H groups in total. The minimum absolute atomic E-state index is 0.0291. The van der Waals surface area contributed by atoms with Gasteiger partial charge < -0.3 is 23.7 Å². The van der Waals surface area contributed by atoms with E-state index in [4.69, 9.17) is 23.7 Å². The van der Waals surface area contributed by atoms with Gasteiger partial charge in [0.05, 0.1) is 18.7 Å². The smallest absolute Gasteiger partial charge is 0.307 e. The Morgan fingerprint density at radius 3 is 2.94 bits per heavy atom. The lowest BCUT2D eigenvalue weighted by Crippen LogP contribution is -2.13. The van der Waals surface area contributed by atoms with Crippen molar-refractivity contribution in [2.75, 3.05) is 13.4 Å². The Morgan fingerprint density at radius 1 is 1.24 bits per heavy atom. The largest absolute Gasteiger partial charge is 0.493 e. The highest BCUT2D eigenvalue weighted by atomic mass is 16.7. The number of allylic oxidation sites excluding steroid dienone is 1. The molecule has 0 saturated heterocycles. The highest BCUT2D eigenvalue weighted by Crippen LogP contribution is 2.40. The molecule has 176 valence electrons. The molecule has 3 aromatic rings. The third-order valence-electron chi connectivity index (χ3n) is 6.41. The Bertz CT molecular complexity index is 1260. The van der Waals surface area contributed by atoms with Crippen LogP contribution in [0.2, 0.25) is 0 Å². The second-order valence-corrected chi connectivity index (χ2v) is 8.67. The monoisotopic (exact) mass is 461 g/mol. The van der Waals surface area contributed by atoms with Crippen molar-refractivity contribution in [3.63, 3.8) is 0 Å². The Kier molecular flexibility index (Phi) is 6.01. The van der Waals surface area contributed by atoms with Crippen molar-refractivity contribution >= 4 is 11.5 Å². The number of hydrogen-bond donors (Lipinski definition) is 1. The summed E-state index contributed by atoms with van der Waals surface area (Å²) >= 11 is 0. The van der Waals surface area contributed by atoms with Crippen LogP contribution in [0.25, 0.3) is 17.0 Å². The van der Waals surface area contributed by atoms with Gasteiger partial charge in [-0.25, -0.2) is 4.98 Å². The predicted octanol–water partition coefficient (Wildman–Crippen LogP) is 5.44. The summed E-state index contributed by atoms with van der Waals surface area (Å²) in [6.45, 7) is 4.75. The standard InChI is InChI=1S/C27H27NO6/c1-16-6-8-21-20(19(16)9-11-26(29)30)4-3-5-23(21)31-13-12-22-17(2)34-27(28-22)18-7-10-24-25(14-18)33-15-32-24/h3-5,7,9-10,14,16H,6,8,11-13,15H2,1-2H3,(H,29,30)/b19-9-. The summed E-state index contributed by atoms with van der Waals surface area (Å²) in [5.74, 6) is 3.09. The first kappa shape index (κ1) is 22.1. The van der Waals surface area contributed by atoms with Crippen LogP contribution in [0.5, 0.6) is 17.2 Å². The van der Waals surface area contributed by atoms with E-state index in [2.05, 4.69) is 18.0 Å². The van der Waals surface area contributed by atoms with Gasteiger partial charge in [-0.3, -0.25) is 4.79 Å². The number of carboxylic acids is 1. The summed E-state index contributed by atoms with van der Waals surface area (Å²) in [6.07, 6.45) is 4.36. The minimum Gasteiger partial charge on any atom is -0.493 e. The summed E-state index contributed by atoms with van der Waals surface area (Å²) in [7, 11) is 0. The number of ether oxygens (including phenoxy) is 3. The van der Waals surface area contributed by atoms with E-state index in [1.807, 2.05) is 43.3 Å². The predicted molar refractivity (Wildman–Crippen MR) is 126 cm³/mol. The third kappa shape index (κ3) is 4.38. The van der Waals surface area contributed by atoms with E-state index in [0.717, 1.165) is 58.1 Å². The number of oxazole rings is 1. The number of nitrogens with zero attached hydrogens (tertiary/aromatic N) is 1. The lowest BCUT2D eigenvalue weighted by atomic mass is 9.79. The molecule has 0 saturated carbocycles. The fourth-order valence-electron chi connectivity index (χ4n) is 4.59. The Hall–Kier alpha value is -3.74. The zero-order valence-corrected chi connectivity index (χ0v) is 19.3. The van der Waals surface area contributed by atoms with E-state index in [-0.39, 0.29) is 13.2 Å². The van der Waals surface area contributed by atoms with Crippen molar-refractivity contribution in [3.05, 3.63) is 65.1 Å². The first-order valence-corrected chi connectivity index (χ1v) is 11.5. The number of aromatic nitrogens is 1. The van der Waals surface area contributed by atoms with E-state index in [1.54, 1.807) is 0 Å². The van der Waals surface area contributed by atoms with Gasteiger partial charge in [0.1, 0.15) is 11.5 Å². The third-order valence-corrected chi connectivity index (χ3v) is 6.41. The SMILES string of the molecule is Cc1oc(-c2ccc3c(c2)OCO3)nc1CCOc1cccc2c1CCC(C)/C2=C/CC(=O)O. The number of aliphatic carboxylic acids is 1. The minimum atomic E-state index is -0.817. The van der Waals surface area contributed by atoms with Gasteiger partial charge in [0, 0.05) is 17.5 Å². The Labute approximate surface area is 198 Å². The molecule has 2 heterocycles. The topological polar surface area (TPSA) is 91.0 Å². The molecule has 7 heteroatoms. The van der Waals surface area contributed by atoms with Crippen molar-refractivity contribution in [2.45, 2.75) is 39.5 Å². The van der Waals surface area contributed by atoms with Gasteiger partial charge in [-0.2, -0.15) is 0 Å². The quantitative estimate of drug-likeness (QED) is 0.501. The van der Waals surface area contributed by atoms with Crippen LogP contribution < -0.4 is 14.2 Å². The van der Waals surface area contributed by atoms with Gasteiger partial charge in [-0.05, 0) is 61.1 Å². The van der Waals surface area contributed by atoms with E-state index in [0.29, 0.717) is 30.6 Å². The van der Waals surface area contributed by atoms with Crippen molar-refractivity contribution in [3.8, 4) is 28.7 Å². The molecule has 0 amide bonds. The van der Waals surface area contributed by atoms with Crippen molar-refractivity contribution in [2.24, 2.45) is 5.92 Å². The van der Waals surface area contributed by atoms with E-state index >= 15 is 0 Å².